The maximum atomic E-state index is 15.2. The van der Waals surface area contributed by atoms with Gasteiger partial charge in [-0.1, -0.05) is 32.0 Å². The molecule has 6 aromatic rings. The van der Waals surface area contributed by atoms with Crippen LogP contribution in [0.2, 0.25) is 0 Å². The van der Waals surface area contributed by atoms with Crippen LogP contribution in [-0.2, 0) is 45.6 Å². The van der Waals surface area contributed by atoms with E-state index in [1.54, 1.807) is 88.7 Å². The number of nitrogens with one attached hydrogen (secondary N) is 2. The number of anilines is 4. The molecular weight excluding hydrogens is 943 g/mol. The molecule has 22 heteroatoms. The number of amides is 8. The third-order valence-electron chi connectivity index (χ3n) is 13.5. The number of hydrogen-bond acceptors (Lipinski definition) is 12. The van der Waals surface area contributed by atoms with E-state index < -0.39 is 83.3 Å². The van der Waals surface area contributed by atoms with Crippen LogP contribution in [0.3, 0.4) is 0 Å². The van der Waals surface area contributed by atoms with Crippen LogP contribution >= 0.6 is 0 Å². The van der Waals surface area contributed by atoms with Gasteiger partial charge in [-0.2, -0.15) is 10.2 Å². The first-order valence-electron chi connectivity index (χ1n) is 23.7. The molecule has 20 nitrogen and oxygen atoms in total. The van der Waals surface area contributed by atoms with Crippen molar-refractivity contribution < 1.29 is 37.5 Å². The summed E-state index contributed by atoms with van der Waals surface area (Å²) in [6, 6.07) is 12.7. The van der Waals surface area contributed by atoms with Crippen LogP contribution in [0.1, 0.15) is 72.2 Å². The number of halogens is 2. The minimum atomic E-state index is -1.27. The molecule has 0 radical (unpaired) electrons. The third kappa shape index (κ3) is 10.4. The van der Waals surface area contributed by atoms with Crippen molar-refractivity contribution in [1.29, 1.82) is 0 Å². The summed E-state index contributed by atoms with van der Waals surface area (Å²) in [5.74, 6) is -4.36. The molecule has 2 aromatic carbocycles. The highest BCUT2D eigenvalue weighted by atomic mass is 19.1. The molecule has 0 aliphatic carbocycles. The van der Waals surface area contributed by atoms with Crippen LogP contribution in [0.15, 0.2) is 97.6 Å². The molecule has 8 rings (SSSR count). The van der Waals surface area contributed by atoms with Gasteiger partial charge < -0.3 is 22.1 Å². The molecule has 6 heterocycles. The molecule has 73 heavy (non-hydrogen) atoms. The average molecular weight is 999 g/mol. The number of carbonyl (C=O) groups excluding carboxylic acids is 6. The minimum absolute atomic E-state index is 0.0281. The van der Waals surface area contributed by atoms with Gasteiger partial charge in [0.05, 0.1) is 30.5 Å². The standard InChI is InChI=1S/C51H56F2N14O6/c1-7-38(31-10-9-28(3)37(53)25-31)58-50(72)66-45(36(46(66)68)22-30-14-18-57-41(55)24-30)49(71)64(6)43-16-20-65(61-43)27-32-11-12-33(52)26-34(32)39(8-2)59-51(73)67-44(48(70)63(5)42-15-19-62(4)60-42)35(47(67)69)21-29-13-17-56-40(54)23-29/h9-20,23-26,35-36,38-39,44-45H,7-8,21-22,27H2,1-6H3,(H2,54,56)(H2,55,57)(H,58,72)(H,59,73)/t35-,36-,38-,39-,44+,45+/m1/s1. The lowest BCUT2D eigenvalue weighted by molar-refractivity contribution is -0.156. The van der Waals surface area contributed by atoms with Crippen molar-refractivity contribution in [2.45, 2.75) is 77.2 Å². The molecule has 8 amide bonds. The smallest absolute Gasteiger partial charge is 0.325 e. The molecule has 2 aliphatic rings. The summed E-state index contributed by atoms with van der Waals surface area (Å²) in [5.41, 5.74) is 14.9. The maximum absolute atomic E-state index is 15.2. The van der Waals surface area contributed by atoms with E-state index in [0.717, 1.165) is 9.80 Å². The molecule has 6 N–H and O–H groups in total. The highest BCUT2D eigenvalue weighted by Crippen LogP contribution is 2.36. The number of nitrogens with two attached hydrogens (primary N) is 2. The molecule has 0 spiro atoms. The Labute approximate surface area is 419 Å². The van der Waals surface area contributed by atoms with Gasteiger partial charge in [0, 0.05) is 58.1 Å². The number of imide groups is 2. The van der Waals surface area contributed by atoms with E-state index in [1.165, 1.54) is 69.9 Å². The molecule has 0 saturated carbocycles. The molecule has 380 valence electrons. The summed E-state index contributed by atoms with van der Waals surface area (Å²) < 4.78 is 32.8. The molecule has 2 aliphatic heterocycles. The maximum Gasteiger partial charge on any atom is 0.325 e. The lowest BCUT2D eigenvalue weighted by Crippen LogP contribution is -2.70. The van der Waals surface area contributed by atoms with Gasteiger partial charge >= 0.3 is 12.1 Å². The summed E-state index contributed by atoms with van der Waals surface area (Å²) >= 11 is 0. The summed E-state index contributed by atoms with van der Waals surface area (Å²) in [5, 5.41) is 14.6. The number of nitrogens with zero attached hydrogens (tertiary/aromatic N) is 10. The topological polar surface area (TPSA) is 253 Å². The van der Waals surface area contributed by atoms with E-state index in [4.69, 9.17) is 11.5 Å². The Bertz CT molecular complexity index is 3110. The van der Waals surface area contributed by atoms with E-state index in [1.807, 2.05) is 0 Å². The number of hydrogen-bond donors (Lipinski definition) is 4. The zero-order chi connectivity index (χ0) is 52.4. The van der Waals surface area contributed by atoms with Crippen molar-refractivity contribution in [3.05, 3.63) is 143 Å². The predicted molar refractivity (Wildman–Crippen MR) is 265 cm³/mol. The van der Waals surface area contributed by atoms with E-state index >= 15 is 4.39 Å². The fraction of sp³-hybridized carbons (Fsp3) is 0.333. The summed E-state index contributed by atoms with van der Waals surface area (Å²) in [4.78, 5) is 96.9. The molecule has 4 aromatic heterocycles. The zero-order valence-corrected chi connectivity index (χ0v) is 41.1. The van der Waals surface area contributed by atoms with Crippen LogP contribution < -0.4 is 31.9 Å². The van der Waals surface area contributed by atoms with Gasteiger partial charge in [-0.3, -0.25) is 48.1 Å². The normalized spacial score (nSPS) is 18.1. The number of likely N-dealkylation sites (N-methyl/N-ethyl adjacent to an activating group) is 2. The van der Waals surface area contributed by atoms with Gasteiger partial charge in [-0.15, -0.1) is 0 Å². The number of aryl methyl sites for hydroxylation is 2. The van der Waals surface area contributed by atoms with Gasteiger partial charge in [-0.05, 0) is 108 Å². The predicted octanol–water partition coefficient (Wildman–Crippen LogP) is 4.99. The fourth-order valence-corrected chi connectivity index (χ4v) is 9.38. The van der Waals surface area contributed by atoms with Crippen LogP contribution in [0.25, 0.3) is 0 Å². The van der Waals surface area contributed by atoms with Crippen LogP contribution in [0.4, 0.5) is 41.6 Å². The molecule has 2 saturated heterocycles. The first-order valence-corrected chi connectivity index (χ1v) is 23.7. The number of nitrogen functional groups attached to an aromatic ring is 2. The Kier molecular flexibility index (Phi) is 14.6. The Morgan fingerprint density at radius 3 is 1.74 bits per heavy atom. The number of aromatic nitrogens is 6. The average Bonchev–Trinajstić information content (AvgIpc) is 4.03. The molecule has 2 fully saturated rings. The molecule has 6 atom stereocenters. The highest BCUT2D eigenvalue weighted by Gasteiger charge is 2.57. The van der Waals surface area contributed by atoms with Crippen LogP contribution in [0, 0.1) is 30.4 Å². The number of urea groups is 2. The lowest BCUT2D eigenvalue weighted by atomic mass is 9.81. The van der Waals surface area contributed by atoms with Crippen molar-refractivity contribution in [2.24, 2.45) is 18.9 Å². The minimum Gasteiger partial charge on any atom is -0.384 e. The van der Waals surface area contributed by atoms with Crippen molar-refractivity contribution in [2.75, 3.05) is 35.4 Å². The van der Waals surface area contributed by atoms with Gasteiger partial charge in [0.15, 0.2) is 11.6 Å². The van der Waals surface area contributed by atoms with Crippen molar-refractivity contribution in [3.63, 3.8) is 0 Å². The molecule has 0 unspecified atom stereocenters. The second-order valence-corrected chi connectivity index (χ2v) is 18.3. The largest absolute Gasteiger partial charge is 0.384 e. The van der Waals surface area contributed by atoms with Crippen molar-refractivity contribution in [1.82, 2.24) is 50.0 Å². The number of benzene rings is 2. The Morgan fingerprint density at radius 2 is 1.23 bits per heavy atom. The number of pyridine rings is 2. The van der Waals surface area contributed by atoms with E-state index in [2.05, 4.69) is 30.8 Å². The Balaban J connectivity index is 1.00. The van der Waals surface area contributed by atoms with Gasteiger partial charge in [-0.25, -0.2) is 28.3 Å². The highest BCUT2D eigenvalue weighted by molar-refractivity contribution is 6.13. The summed E-state index contributed by atoms with van der Waals surface area (Å²) in [6.07, 6.45) is 7.01. The summed E-state index contributed by atoms with van der Waals surface area (Å²) in [6.45, 7) is 5.22. The fourth-order valence-electron chi connectivity index (χ4n) is 9.38. The van der Waals surface area contributed by atoms with Gasteiger partial charge in [0.25, 0.3) is 11.8 Å². The van der Waals surface area contributed by atoms with Crippen molar-refractivity contribution >= 4 is 59.0 Å². The van der Waals surface area contributed by atoms with E-state index in [9.17, 15) is 33.2 Å². The van der Waals surface area contributed by atoms with Crippen LogP contribution in [0.5, 0.6) is 0 Å². The van der Waals surface area contributed by atoms with Gasteiger partial charge in [0.1, 0.15) is 35.4 Å². The van der Waals surface area contributed by atoms with Crippen LogP contribution in [-0.4, -0.2) is 101 Å². The Morgan fingerprint density at radius 1 is 0.699 bits per heavy atom. The summed E-state index contributed by atoms with van der Waals surface area (Å²) in [7, 11) is 4.66. The van der Waals surface area contributed by atoms with E-state index in [-0.39, 0.29) is 43.3 Å². The monoisotopic (exact) mass is 998 g/mol. The number of rotatable bonds is 16. The lowest BCUT2D eigenvalue weighted by Gasteiger charge is -2.45. The Hall–Kier alpha value is -8.56. The first-order chi connectivity index (χ1) is 34.9. The second kappa shape index (κ2) is 21.0. The quantitative estimate of drug-likeness (QED) is 0.0936. The SMILES string of the molecule is CC[C@@H](NC(=O)N1C(=O)[C@H](Cc2ccnc(N)c2)[C@H]1C(=O)N(C)c1ccn(Cc2ccc(F)cc2[C@@H](CC)NC(=O)N2C(=O)[C@H](Cc3ccnc(N)c3)[C@H]2C(=O)N(C)c2ccn(C)n2)n1)c1ccc(C)c(F)c1. The van der Waals surface area contributed by atoms with E-state index in [0.29, 0.717) is 45.6 Å². The first kappa shape index (κ1) is 50.8. The van der Waals surface area contributed by atoms with Crippen molar-refractivity contribution in [3.8, 4) is 0 Å². The third-order valence-corrected chi connectivity index (χ3v) is 13.5. The molecule has 0 bridgehead atoms. The van der Waals surface area contributed by atoms with Gasteiger partial charge in [0.2, 0.25) is 11.8 Å². The second-order valence-electron chi connectivity index (χ2n) is 18.3. The zero-order valence-electron chi connectivity index (χ0n) is 41.1. The number of carbonyl (C=O) groups is 6. The number of β-lactam (4-membered cyclic amide) rings is 2. The molecular formula is C51H56F2N14O6. The number of likely N-dealkylation sites (tertiary alicyclic amines) is 2.